The maximum atomic E-state index is 13.8. The van der Waals surface area contributed by atoms with E-state index in [1.165, 1.54) is 18.2 Å². The van der Waals surface area contributed by atoms with Gasteiger partial charge in [-0.1, -0.05) is 11.6 Å². The van der Waals surface area contributed by atoms with Crippen molar-refractivity contribution in [1.82, 2.24) is 9.78 Å². The van der Waals surface area contributed by atoms with Gasteiger partial charge in [-0.25, -0.2) is 18.3 Å². The van der Waals surface area contributed by atoms with Crippen LogP contribution >= 0.6 is 11.6 Å². The second-order valence-electron chi connectivity index (χ2n) is 6.79. The van der Waals surface area contributed by atoms with E-state index in [9.17, 15) is 13.6 Å². The number of nitrogens with one attached hydrogen (secondary N) is 1. The van der Waals surface area contributed by atoms with Crippen molar-refractivity contribution in [3.8, 4) is 16.9 Å². The summed E-state index contributed by atoms with van der Waals surface area (Å²) in [6.45, 7) is 0.364. The summed E-state index contributed by atoms with van der Waals surface area (Å²) in [4.78, 5) is 11.1. The zero-order valence-electron chi connectivity index (χ0n) is 16.0. The average molecular weight is 440 g/mol. The Balaban J connectivity index is 1.70. The molecule has 0 bridgehead atoms. The zero-order chi connectivity index (χ0) is 22.0. The highest BCUT2D eigenvalue weighted by molar-refractivity contribution is 6.30. The highest BCUT2D eigenvalue weighted by Gasteiger charge is 2.15. The summed E-state index contributed by atoms with van der Waals surface area (Å²) in [6.07, 6.45) is 1.76. The molecule has 0 aliphatic heterocycles. The third kappa shape index (κ3) is 4.57. The fourth-order valence-electron chi connectivity index (χ4n) is 3.08. The molecule has 0 aliphatic rings. The molecule has 0 amide bonds. The number of aromatic nitrogens is 2. The third-order valence-electron chi connectivity index (χ3n) is 4.69. The Bertz CT molecular complexity index is 1240. The molecule has 1 heterocycles. The Morgan fingerprint density at radius 3 is 2.35 bits per heavy atom. The molecule has 0 radical (unpaired) electrons. The van der Waals surface area contributed by atoms with Gasteiger partial charge in [-0.2, -0.15) is 5.10 Å². The molecule has 1 aromatic heterocycles. The molecule has 0 fully saturated rings. The Kier molecular flexibility index (Phi) is 5.68. The summed E-state index contributed by atoms with van der Waals surface area (Å²) < 4.78 is 28.8. The molecule has 156 valence electrons. The van der Waals surface area contributed by atoms with Crippen LogP contribution in [0.25, 0.3) is 16.9 Å². The van der Waals surface area contributed by atoms with Crippen LogP contribution in [0, 0.1) is 11.6 Å². The molecule has 0 saturated carbocycles. The van der Waals surface area contributed by atoms with Gasteiger partial charge in [0, 0.05) is 34.6 Å². The highest BCUT2D eigenvalue weighted by Crippen LogP contribution is 2.26. The molecule has 3 aromatic carbocycles. The van der Waals surface area contributed by atoms with Crippen LogP contribution in [0.4, 0.5) is 14.5 Å². The number of rotatable bonds is 6. The van der Waals surface area contributed by atoms with Gasteiger partial charge in [0.05, 0.1) is 16.9 Å². The van der Waals surface area contributed by atoms with Crippen LogP contribution < -0.4 is 5.32 Å². The Morgan fingerprint density at radius 1 is 1.00 bits per heavy atom. The number of anilines is 1. The molecule has 31 heavy (non-hydrogen) atoms. The van der Waals surface area contributed by atoms with Gasteiger partial charge >= 0.3 is 5.97 Å². The fourth-order valence-corrected chi connectivity index (χ4v) is 3.21. The van der Waals surface area contributed by atoms with E-state index in [-0.39, 0.29) is 5.56 Å². The van der Waals surface area contributed by atoms with Crippen molar-refractivity contribution in [3.63, 3.8) is 0 Å². The monoisotopic (exact) mass is 439 g/mol. The number of benzene rings is 3. The first-order valence-electron chi connectivity index (χ1n) is 9.28. The average Bonchev–Trinajstić information content (AvgIpc) is 3.19. The number of halogens is 3. The van der Waals surface area contributed by atoms with Gasteiger partial charge in [-0.15, -0.1) is 0 Å². The SMILES string of the molecule is O=C(O)c1ccc(-n2cc(CNc3ccc(Cl)cc3)c(-c3ccc(F)c(F)c3)n2)cc1. The van der Waals surface area contributed by atoms with E-state index in [2.05, 4.69) is 10.4 Å². The summed E-state index contributed by atoms with van der Waals surface area (Å²) in [5.74, 6) is -2.93. The molecule has 0 aliphatic carbocycles. The predicted octanol–water partition coefficient (Wildman–Crippen LogP) is 5.78. The summed E-state index contributed by atoms with van der Waals surface area (Å²) in [5.41, 5.74) is 3.26. The number of hydrogen-bond donors (Lipinski definition) is 2. The first kappa shape index (κ1) is 20.6. The minimum atomic E-state index is -1.03. The standard InChI is InChI=1S/C23H16ClF2N3O2/c24-17-4-6-18(7-5-17)27-12-16-13-29(19-8-1-14(2-9-19)23(30)31)28-22(16)15-3-10-20(25)21(26)11-15/h1-11,13,27H,12H2,(H,30,31). The molecule has 2 N–H and O–H groups in total. The van der Waals surface area contributed by atoms with Crippen molar-refractivity contribution in [1.29, 1.82) is 0 Å². The lowest BCUT2D eigenvalue weighted by Crippen LogP contribution is -2.00. The summed E-state index contributed by atoms with van der Waals surface area (Å²) >= 11 is 5.92. The first-order chi connectivity index (χ1) is 14.9. The topological polar surface area (TPSA) is 67.2 Å². The number of nitrogens with zero attached hydrogens (tertiary/aromatic N) is 2. The minimum Gasteiger partial charge on any atom is -0.478 e. The zero-order valence-corrected chi connectivity index (χ0v) is 16.8. The van der Waals surface area contributed by atoms with Crippen LogP contribution in [-0.4, -0.2) is 20.9 Å². The van der Waals surface area contributed by atoms with Gasteiger partial charge in [0.25, 0.3) is 0 Å². The quantitative estimate of drug-likeness (QED) is 0.399. The summed E-state index contributed by atoms with van der Waals surface area (Å²) in [7, 11) is 0. The van der Waals surface area contributed by atoms with E-state index in [1.54, 1.807) is 35.1 Å². The van der Waals surface area contributed by atoms with E-state index < -0.39 is 17.6 Å². The van der Waals surface area contributed by atoms with Gasteiger partial charge in [0.1, 0.15) is 0 Å². The van der Waals surface area contributed by atoms with Crippen LogP contribution in [0.3, 0.4) is 0 Å². The van der Waals surface area contributed by atoms with Crippen molar-refractivity contribution in [2.75, 3.05) is 5.32 Å². The van der Waals surface area contributed by atoms with E-state index in [0.29, 0.717) is 28.5 Å². The lowest BCUT2D eigenvalue weighted by Gasteiger charge is -2.07. The highest BCUT2D eigenvalue weighted by atomic mass is 35.5. The van der Waals surface area contributed by atoms with Crippen LogP contribution in [-0.2, 0) is 6.54 Å². The van der Waals surface area contributed by atoms with Gasteiger partial charge in [0.2, 0.25) is 0 Å². The lowest BCUT2D eigenvalue weighted by atomic mass is 10.1. The van der Waals surface area contributed by atoms with Crippen LogP contribution in [0.1, 0.15) is 15.9 Å². The van der Waals surface area contributed by atoms with Gasteiger partial charge in [-0.05, 0) is 66.7 Å². The summed E-state index contributed by atoms with van der Waals surface area (Å²) in [6, 6.07) is 17.0. The Labute approximate surface area is 181 Å². The smallest absolute Gasteiger partial charge is 0.335 e. The number of carboxylic acids is 1. The number of aromatic carboxylic acids is 1. The molecular weight excluding hydrogens is 424 g/mol. The number of carboxylic acid groups (broad SMARTS) is 1. The maximum Gasteiger partial charge on any atom is 0.335 e. The molecule has 0 spiro atoms. The molecule has 0 atom stereocenters. The molecule has 8 heteroatoms. The number of carbonyl (C=O) groups is 1. The summed E-state index contributed by atoms with van der Waals surface area (Å²) in [5, 5.41) is 17.5. The normalized spacial score (nSPS) is 10.8. The van der Waals surface area contributed by atoms with Crippen LogP contribution in [0.5, 0.6) is 0 Å². The molecular formula is C23H16ClF2N3O2. The Morgan fingerprint density at radius 2 is 1.71 bits per heavy atom. The second kappa shape index (κ2) is 8.57. The van der Waals surface area contributed by atoms with Crippen molar-refractivity contribution < 1.29 is 18.7 Å². The van der Waals surface area contributed by atoms with Crippen molar-refractivity contribution >= 4 is 23.3 Å². The predicted molar refractivity (Wildman–Crippen MR) is 115 cm³/mol. The fraction of sp³-hybridized carbons (Fsp3) is 0.0435. The minimum absolute atomic E-state index is 0.154. The molecule has 0 unspecified atom stereocenters. The van der Waals surface area contributed by atoms with Gasteiger partial charge in [-0.3, -0.25) is 0 Å². The maximum absolute atomic E-state index is 13.8. The lowest BCUT2D eigenvalue weighted by molar-refractivity contribution is 0.0697. The van der Waals surface area contributed by atoms with Crippen molar-refractivity contribution in [3.05, 3.63) is 101 Å². The van der Waals surface area contributed by atoms with E-state index in [4.69, 9.17) is 16.7 Å². The third-order valence-corrected chi connectivity index (χ3v) is 4.94. The largest absolute Gasteiger partial charge is 0.478 e. The van der Waals surface area contributed by atoms with Crippen LogP contribution in [0.2, 0.25) is 5.02 Å². The molecule has 4 aromatic rings. The number of hydrogen-bond acceptors (Lipinski definition) is 3. The van der Waals surface area contributed by atoms with E-state index >= 15 is 0 Å². The molecule has 0 saturated heterocycles. The van der Waals surface area contributed by atoms with Gasteiger partial charge in [0.15, 0.2) is 11.6 Å². The molecule has 5 nitrogen and oxygen atoms in total. The van der Waals surface area contributed by atoms with E-state index in [1.807, 2.05) is 12.1 Å². The Hall–Kier alpha value is -3.71. The first-order valence-corrected chi connectivity index (χ1v) is 9.65. The van der Waals surface area contributed by atoms with Crippen molar-refractivity contribution in [2.24, 2.45) is 0 Å². The second-order valence-corrected chi connectivity index (χ2v) is 7.23. The van der Waals surface area contributed by atoms with Crippen molar-refractivity contribution in [2.45, 2.75) is 6.54 Å². The van der Waals surface area contributed by atoms with E-state index in [0.717, 1.165) is 23.4 Å². The molecule has 4 rings (SSSR count). The van der Waals surface area contributed by atoms with Crippen LogP contribution in [0.15, 0.2) is 72.9 Å². The van der Waals surface area contributed by atoms with Gasteiger partial charge < -0.3 is 10.4 Å².